The number of ether oxygens (including phenoxy) is 6. The van der Waals surface area contributed by atoms with Crippen LogP contribution in [0.25, 0.3) is 0 Å². The minimum atomic E-state index is -1.59. The topological polar surface area (TPSA) is 585 Å². The maximum Gasteiger partial charge on any atom is 0.328 e. The Morgan fingerprint density at radius 3 is 1.56 bits per heavy atom. The monoisotopic (exact) mass is 1340 g/mol. The summed E-state index contributed by atoms with van der Waals surface area (Å²) in [5, 5.41) is 70.9. The van der Waals surface area contributed by atoms with Gasteiger partial charge in [0.15, 0.2) is 18.9 Å². The molecular formula is C53H89N15O21S2. The number of aliphatic hydroxyl groups is 6. The van der Waals surface area contributed by atoms with Gasteiger partial charge in [-0.25, -0.2) is 9.59 Å². The van der Waals surface area contributed by atoms with E-state index in [1.807, 2.05) is 0 Å². The number of unbranched alkanes of at least 4 members (excludes halogenated alkanes) is 3. The van der Waals surface area contributed by atoms with Gasteiger partial charge in [0.1, 0.15) is 74.1 Å². The molecular weight excluding hydrogens is 1250 g/mol. The molecule has 514 valence electrons. The van der Waals surface area contributed by atoms with Gasteiger partial charge in [0.2, 0.25) is 29.5 Å². The van der Waals surface area contributed by atoms with Crippen LogP contribution in [0.4, 0.5) is 0 Å². The first-order valence-electron chi connectivity index (χ1n) is 29.7. The summed E-state index contributed by atoms with van der Waals surface area (Å²) in [6.07, 6.45) is -14.5. The predicted molar refractivity (Wildman–Crippen MR) is 325 cm³/mol. The van der Waals surface area contributed by atoms with Crippen molar-refractivity contribution in [3.05, 3.63) is 65.2 Å². The molecule has 4 fully saturated rings. The number of nitrogens with two attached hydrogens (primary N) is 7. The number of amides is 5. The first-order chi connectivity index (χ1) is 43.1. The minimum absolute atomic E-state index is 0.0496. The van der Waals surface area contributed by atoms with Crippen molar-refractivity contribution in [1.82, 2.24) is 39.5 Å². The molecule has 38 heteroatoms. The van der Waals surface area contributed by atoms with Gasteiger partial charge in [0.25, 0.3) is 11.1 Å². The molecule has 4 aliphatic rings. The number of nitrogens with zero attached hydrogens (tertiary/aromatic N) is 4. The zero-order valence-electron chi connectivity index (χ0n) is 50.5. The van der Waals surface area contributed by atoms with Crippen molar-refractivity contribution in [3.63, 3.8) is 0 Å². The molecule has 5 amide bonds. The Labute approximate surface area is 529 Å². The molecule has 6 rings (SSSR count). The number of rotatable bonds is 33. The van der Waals surface area contributed by atoms with Gasteiger partial charge in [-0.3, -0.25) is 52.7 Å². The second-order valence-corrected chi connectivity index (χ2v) is 25.1. The van der Waals surface area contributed by atoms with E-state index >= 15 is 0 Å². The fourth-order valence-electron chi connectivity index (χ4n) is 10.5. The Balaban J connectivity index is 0.964. The first-order valence-corrected chi connectivity index (χ1v) is 32.0. The standard InChI is InChI=1S/C53H89N15O21S2/c1-24-16-67(52(82)63-47(24)80)20-34(72)65(18-31(58)69)9-7-61-32(70)19-66(35(73)21-68-17-25(2)48(81)64-53(68)83)10-8-62-33(71)23-91-12-6-4-3-5-11-90-22-30-45(88-50-37(60)42(78)40(76)29(15-55)85-50)43(79)51(86-30)89-46-38(74)26(56)13-27(57)44(46)87-49-36(59)41(77)39(75)28(14-54)84-49/h16-17,26-30,36-46,49-51,74-79H,3-15,18-23,54-57,59-60H2,1-2H3,(H2,58,69)(H,61,70)(H,62,71)(H,63,80,82)(H,64,81,83)/t26-,27+,28-,29+,30-,36-,37-,38+,39-,40-,41-,42-,43-,44-,45-,46-,49-,50-,51+/m1/s1. The van der Waals surface area contributed by atoms with Gasteiger partial charge in [-0.2, -0.15) is 23.5 Å². The van der Waals surface area contributed by atoms with Crippen molar-refractivity contribution < 1.29 is 83.0 Å². The van der Waals surface area contributed by atoms with Crippen LogP contribution in [-0.4, -0.2) is 281 Å². The lowest BCUT2D eigenvalue weighted by molar-refractivity contribution is -0.306. The van der Waals surface area contributed by atoms with Crippen LogP contribution in [0.3, 0.4) is 0 Å². The van der Waals surface area contributed by atoms with E-state index in [-0.39, 0.29) is 74.2 Å². The van der Waals surface area contributed by atoms with Gasteiger partial charge >= 0.3 is 11.4 Å². The number of hydrogen-bond acceptors (Lipinski definition) is 29. The third-order valence-electron chi connectivity index (χ3n) is 15.8. The second-order valence-electron chi connectivity index (χ2n) is 22.8. The molecule has 24 N–H and O–H groups in total. The Morgan fingerprint density at radius 1 is 0.593 bits per heavy atom. The number of carbonyl (C=O) groups excluding carboxylic acids is 5. The highest BCUT2D eigenvalue weighted by Crippen LogP contribution is 2.35. The van der Waals surface area contributed by atoms with Gasteiger partial charge in [-0.15, -0.1) is 0 Å². The molecule has 3 saturated heterocycles. The number of thioether (sulfide) groups is 2. The van der Waals surface area contributed by atoms with E-state index in [1.165, 1.54) is 49.8 Å². The third kappa shape index (κ3) is 20.6. The van der Waals surface area contributed by atoms with Crippen LogP contribution in [0.2, 0.25) is 0 Å². The molecule has 0 bridgehead atoms. The van der Waals surface area contributed by atoms with Crippen molar-refractivity contribution in [2.75, 3.05) is 75.4 Å². The summed E-state index contributed by atoms with van der Waals surface area (Å²) in [6, 6.07) is -4.39. The third-order valence-corrected chi connectivity index (χ3v) is 18.0. The number of aliphatic hydroxyl groups excluding tert-OH is 6. The number of primary amides is 1. The highest BCUT2D eigenvalue weighted by Gasteiger charge is 2.54. The number of aromatic nitrogens is 4. The summed E-state index contributed by atoms with van der Waals surface area (Å²) in [6.45, 7) is -0.589. The average molecular weight is 1340 g/mol. The number of nitrogens with one attached hydrogen (secondary N) is 4. The van der Waals surface area contributed by atoms with Crippen molar-refractivity contribution in [1.29, 1.82) is 0 Å². The maximum atomic E-state index is 13.6. The van der Waals surface area contributed by atoms with Gasteiger partial charge in [0.05, 0.1) is 43.1 Å². The van der Waals surface area contributed by atoms with Crippen molar-refractivity contribution in [2.24, 2.45) is 40.1 Å². The number of aromatic amines is 2. The SMILES string of the molecule is Cc1cn(CC(=O)N(CCNC(=O)CN(CCNC(=O)CSCCCCCCSC[C@H]2O[C@@H](O[C@@H]3[C@@H](O)[C@H](N)C[C@H](N)[C@H]3O[C@H]3O[C@H](CN)[C@@H](O)[C@H](O)[C@H]3N)[C@H](O)[C@@H]2O[C@H]2O[C@@H](CN)[C@@H](O)[C@H](O)[C@H]2N)C(=O)Cn2cc(C)c(=O)[nH]c2=O)CC(N)=O)c(=O)[nH]c1=O. The summed E-state index contributed by atoms with van der Waals surface area (Å²) in [7, 11) is 0. The second kappa shape index (κ2) is 35.3. The van der Waals surface area contributed by atoms with Crippen LogP contribution in [0.15, 0.2) is 31.6 Å². The van der Waals surface area contributed by atoms with E-state index < -0.39 is 189 Å². The van der Waals surface area contributed by atoms with E-state index in [1.54, 1.807) is 0 Å². The molecule has 0 spiro atoms. The van der Waals surface area contributed by atoms with Crippen molar-refractivity contribution in [2.45, 2.75) is 175 Å². The molecule has 0 aromatic carbocycles. The lowest BCUT2D eigenvalue weighted by atomic mass is 9.84. The Morgan fingerprint density at radius 2 is 1.05 bits per heavy atom. The molecule has 3 aliphatic heterocycles. The highest BCUT2D eigenvalue weighted by atomic mass is 32.2. The van der Waals surface area contributed by atoms with E-state index in [0.29, 0.717) is 11.5 Å². The normalized spacial score (nSPS) is 30.8. The fourth-order valence-corrected chi connectivity index (χ4v) is 12.4. The molecule has 2 aromatic heterocycles. The molecule has 0 unspecified atom stereocenters. The van der Waals surface area contributed by atoms with Crippen LogP contribution >= 0.6 is 23.5 Å². The summed E-state index contributed by atoms with van der Waals surface area (Å²) in [4.78, 5) is 120. The minimum Gasteiger partial charge on any atom is -0.389 e. The lowest BCUT2D eigenvalue weighted by Gasteiger charge is -2.47. The summed E-state index contributed by atoms with van der Waals surface area (Å²) >= 11 is 2.84. The van der Waals surface area contributed by atoms with Gasteiger partial charge in [-0.05, 0) is 44.6 Å². The molecule has 1 saturated carbocycles. The zero-order chi connectivity index (χ0) is 67.0. The van der Waals surface area contributed by atoms with Crippen molar-refractivity contribution in [3.8, 4) is 0 Å². The van der Waals surface area contributed by atoms with Crippen LogP contribution in [0.1, 0.15) is 43.2 Å². The number of carbonyl (C=O) groups is 5. The van der Waals surface area contributed by atoms with Gasteiger partial charge in [0, 0.05) is 80.6 Å². The van der Waals surface area contributed by atoms with E-state index in [2.05, 4.69) is 20.6 Å². The highest BCUT2D eigenvalue weighted by molar-refractivity contribution is 8.00. The number of aryl methyl sites for hydroxylation is 2. The smallest absolute Gasteiger partial charge is 0.328 e. The molecule has 91 heavy (non-hydrogen) atoms. The molecule has 0 radical (unpaired) electrons. The Hall–Kier alpha value is -5.31. The molecule has 1 aliphatic carbocycles. The zero-order valence-corrected chi connectivity index (χ0v) is 52.1. The van der Waals surface area contributed by atoms with Crippen LogP contribution < -0.4 is 73.3 Å². The van der Waals surface area contributed by atoms with Crippen LogP contribution in [0, 0.1) is 13.8 Å². The van der Waals surface area contributed by atoms with Gasteiger partial charge in [-0.1, -0.05) is 12.8 Å². The first kappa shape index (κ1) is 74.7. The Kier molecular flexibility index (Phi) is 29.0. The van der Waals surface area contributed by atoms with E-state index in [9.17, 15) is 73.8 Å². The lowest BCUT2D eigenvalue weighted by Crippen LogP contribution is -2.68. The van der Waals surface area contributed by atoms with Gasteiger partial charge < -0.3 is 120 Å². The summed E-state index contributed by atoms with van der Waals surface area (Å²) in [5.74, 6) is -1.88. The van der Waals surface area contributed by atoms with Crippen LogP contribution in [0.5, 0.6) is 0 Å². The van der Waals surface area contributed by atoms with Crippen molar-refractivity contribution >= 4 is 53.1 Å². The quantitative estimate of drug-likeness (QED) is 0.0295. The summed E-state index contributed by atoms with van der Waals surface area (Å²) < 4.78 is 38.5. The average Bonchev–Trinajstić information content (AvgIpc) is 1.84. The van der Waals surface area contributed by atoms with Crippen LogP contribution in [-0.2, 0) is 65.5 Å². The van der Waals surface area contributed by atoms with E-state index in [0.717, 1.165) is 44.6 Å². The number of hydrogen-bond donors (Lipinski definition) is 17. The Bertz CT molecular complexity index is 2980. The summed E-state index contributed by atoms with van der Waals surface area (Å²) in [5.41, 5.74) is 39.4. The predicted octanol–water partition coefficient (Wildman–Crippen LogP) is -10.8. The molecule has 2 aromatic rings. The van der Waals surface area contributed by atoms with E-state index in [4.69, 9.17) is 68.6 Å². The fraction of sp³-hybridized carbons (Fsp3) is 0.755. The molecule has 36 nitrogen and oxygen atoms in total. The largest absolute Gasteiger partial charge is 0.389 e. The maximum absolute atomic E-state index is 13.6. The number of H-pyrrole nitrogens is 2. The molecule has 19 atom stereocenters. The molecule has 5 heterocycles.